The van der Waals surface area contributed by atoms with Crippen LogP contribution in [0.2, 0.25) is 0 Å². The van der Waals surface area contributed by atoms with Gasteiger partial charge in [0.25, 0.3) is 5.56 Å². The highest BCUT2D eigenvalue weighted by Gasteiger charge is 2.44. The van der Waals surface area contributed by atoms with E-state index in [-0.39, 0.29) is 13.0 Å². The van der Waals surface area contributed by atoms with Crippen LogP contribution in [0.1, 0.15) is 18.7 Å². The van der Waals surface area contributed by atoms with E-state index in [4.69, 9.17) is 15.6 Å². The highest BCUT2D eigenvalue weighted by atomic mass is 16.6. The molecule has 0 amide bonds. The van der Waals surface area contributed by atoms with Gasteiger partial charge in [0.1, 0.15) is 24.4 Å². The number of rotatable bonds is 6. The van der Waals surface area contributed by atoms with Crippen LogP contribution in [0.25, 0.3) is 0 Å². The largest absolute Gasteiger partial charge is 0.480 e. The van der Waals surface area contributed by atoms with Gasteiger partial charge in [0.15, 0.2) is 6.23 Å². The lowest BCUT2D eigenvalue weighted by atomic mass is 10.1. The summed E-state index contributed by atoms with van der Waals surface area (Å²) in [6, 6.07) is -0.526. The van der Waals surface area contributed by atoms with Gasteiger partial charge in [-0.25, -0.2) is 14.2 Å². The number of ether oxygens (including phenoxy) is 1. The summed E-state index contributed by atoms with van der Waals surface area (Å²) < 4.78 is 6.53. The minimum absolute atomic E-state index is 0.0639. The molecule has 1 saturated heterocycles. The molecule has 1 unspecified atom stereocenters. The fourth-order valence-electron chi connectivity index (χ4n) is 2.62. The number of carbonyl (C=O) groups is 1. The number of aliphatic hydroxyl groups is 3. The van der Waals surface area contributed by atoms with Gasteiger partial charge in [-0.05, 0) is 13.0 Å². The molecule has 2 rings (SSSR count). The maximum absolute atomic E-state index is 12.5. The van der Waals surface area contributed by atoms with E-state index in [2.05, 4.69) is 0 Å². The average Bonchev–Trinajstić information content (AvgIpc) is 2.82. The molecule has 0 saturated carbocycles. The molecule has 1 aromatic rings. The third-order valence-electron chi connectivity index (χ3n) is 3.87. The van der Waals surface area contributed by atoms with E-state index in [0.29, 0.717) is 4.57 Å². The van der Waals surface area contributed by atoms with Gasteiger partial charge < -0.3 is 30.9 Å². The summed E-state index contributed by atoms with van der Waals surface area (Å²) in [5.74, 6) is -1.40. The van der Waals surface area contributed by atoms with Crippen LogP contribution in [0.3, 0.4) is 0 Å². The minimum Gasteiger partial charge on any atom is -0.480 e. The van der Waals surface area contributed by atoms with Crippen molar-refractivity contribution < 1.29 is 30.0 Å². The Labute approximate surface area is 135 Å². The van der Waals surface area contributed by atoms with Gasteiger partial charge in [0.2, 0.25) is 0 Å². The third kappa shape index (κ3) is 3.12. The van der Waals surface area contributed by atoms with Crippen LogP contribution < -0.4 is 17.0 Å². The smallest absolute Gasteiger partial charge is 0.334 e. The highest BCUT2D eigenvalue weighted by molar-refractivity contribution is 5.71. The van der Waals surface area contributed by atoms with Gasteiger partial charge in [0, 0.05) is 12.3 Å². The lowest BCUT2D eigenvalue weighted by Gasteiger charge is -2.20. The number of hydrogen-bond acceptors (Lipinski definition) is 8. The second-order valence-corrected chi connectivity index (χ2v) is 5.37. The van der Waals surface area contributed by atoms with Crippen molar-refractivity contribution in [3.63, 3.8) is 0 Å². The fourth-order valence-corrected chi connectivity index (χ4v) is 2.62. The Balaban J connectivity index is 2.52. The molecule has 5 atom stereocenters. The van der Waals surface area contributed by atoms with Crippen molar-refractivity contribution in [1.29, 1.82) is 0 Å². The van der Waals surface area contributed by atoms with Crippen molar-refractivity contribution in [1.82, 2.24) is 9.13 Å². The lowest BCUT2D eigenvalue weighted by Crippen LogP contribution is -2.46. The maximum Gasteiger partial charge on any atom is 0.334 e. The number of carboxylic acid groups (broad SMARTS) is 1. The number of aliphatic carboxylic acids is 1. The maximum atomic E-state index is 12.5. The number of nitrogens with zero attached hydrogens (tertiary/aromatic N) is 2. The van der Waals surface area contributed by atoms with Crippen molar-refractivity contribution in [3.05, 3.63) is 33.1 Å². The summed E-state index contributed by atoms with van der Waals surface area (Å²) in [5, 5.41) is 38.0. The van der Waals surface area contributed by atoms with Crippen LogP contribution in [0.15, 0.2) is 21.9 Å². The van der Waals surface area contributed by atoms with E-state index in [1.165, 1.54) is 0 Å². The SMILES string of the molecule is NCCC(C(=O)O)n1c(=O)ccn([C@@H]2O[C@H](CO)[C@@H](O)[C@H]2O)c1=O. The van der Waals surface area contributed by atoms with Gasteiger partial charge in [-0.3, -0.25) is 9.36 Å². The zero-order valence-electron chi connectivity index (χ0n) is 12.6. The lowest BCUT2D eigenvalue weighted by molar-refractivity contribution is -0.141. The normalized spacial score (nSPS) is 28.0. The molecule has 0 aromatic carbocycles. The van der Waals surface area contributed by atoms with Gasteiger partial charge in [-0.1, -0.05) is 0 Å². The first-order valence-electron chi connectivity index (χ1n) is 7.22. The Hall–Kier alpha value is -2.05. The van der Waals surface area contributed by atoms with E-state index >= 15 is 0 Å². The topological polar surface area (TPSA) is 177 Å². The molecule has 1 aromatic heterocycles. The molecule has 1 fully saturated rings. The summed E-state index contributed by atoms with van der Waals surface area (Å²) >= 11 is 0. The van der Waals surface area contributed by atoms with E-state index in [0.717, 1.165) is 16.8 Å². The monoisotopic (exact) mass is 345 g/mol. The molecule has 0 spiro atoms. The predicted molar refractivity (Wildman–Crippen MR) is 78.3 cm³/mol. The average molecular weight is 345 g/mol. The molecule has 2 heterocycles. The molecule has 11 heteroatoms. The predicted octanol–water partition coefficient (Wildman–Crippen LogP) is -3.40. The summed E-state index contributed by atoms with van der Waals surface area (Å²) in [6.07, 6.45) is -4.58. The molecule has 11 nitrogen and oxygen atoms in total. The summed E-state index contributed by atoms with van der Waals surface area (Å²) in [6.45, 7) is -0.653. The summed E-state index contributed by atoms with van der Waals surface area (Å²) in [7, 11) is 0. The number of nitrogens with two attached hydrogens (primary N) is 1. The second kappa shape index (κ2) is 7.23. The number of hydrogen-bond donors (Lipinski definition) is 5. The molecule has 1 aliphatic heterocycles. The Morgan fingerprint density at radius 1 is 1.33 bits per heavy atom. The Morgan fingerprint density at radius 2 is 2.00 bits per heavy atom. The summed E-state index contributed by atoms with van der Waals surface area (Å²) in [4.78, 5) is 35.8. The number of carboxylic acids is 1. The molecule has 6 N–H and O–H groups in total. The molecule has 24 heavy (non-hydrogen) atoms. The van der Waals surface area contributed by atoms with Crippen molar-refractivity contribution in [2.24, 2.45) is 5.73 Å². The number of aromatic nitrogens is 2. The van der Waals surface area contributed by atoms with Gasteiger partial charge >= 0.3 is 11.7 Å². The Kier molecular flexibility index (Phi) is 5.51. The minimum atomic E-state index is -1.54. The Bertz CT molecular complexity index is 714. The van der Waals surface area contributed by atoms with Crippen LogP contribution in [0, 0.1) is 0 Å². The first kappa shape index (κ1) is 18.3. The third-order valence-corrected chi connectivity index (χ3v) is 3.87. The van der Waals surface area contributed by atoms with E-state index in [1.54, 1.807) is 0 Å². The standard InChI is InChI=1S/C13H19N3O8/c14-3-1-6(12(21)22)16-8(18)2-4-15(13(16)23)11-10(20)9(19)7(5-17)24-11/h2,4,6-7,9-11,17,19-20H,1,3,5,14H2,(H,21,22)/t6?,7-,9-,10-,11-/m1/s1. The van der Waals surface area contributed by atoms with E-state index < -0.39 is 54.4 Å². The van der Waals surface area contributed by atoms with Gasteiger partial charge in [0.05, 0.1) is 6.61 Å². The molecule has 134 valence electrons. The van der Waals surface area contributed by atoms with Crippen molar-refractivity contribution >= 4 is 5.97 Å². The highest BCUT2D eigenvalue weighted by Crippen LogP contribution is 2.27. The second-order valence-electron chi connectivity index (χ2n) is 5.37. The van der Waals surface area contributed by atoms with Crippen molar-refractivity contribution in [2.75, 3.05) is 13.2 Å². The number of aliphatic hydroxyl groups excluding tert-OH is 3. The summed E-state index contributed by atoms with van der Waals surface area (Å²) in [5.41, 5.74) is 3.46. The van der Waals surface area contributed by atoms with Crippen molar-refractivity contribution in [2.45, 2.75) is 37.0 Å². The van der Waals surface area contributed by atoms with Crippen LogP contribution in [-0.2, 0) is 9.53 Å². The first-order chi connectivity index (χ1) is 11.3. The molecule has 1 aliphatic rings. The zero-order chi connectivity index (χ0) is 18.0. The van der Waals surface area contributed by atoms with Gasteiger partial charge in [-0.15, -0.1) is 0 Å². The van der Waals surface area contributed by atoms with Crippen molar-refractivity contribution in [3.8, 4) is 0 Å². The van der Waals surface area contributed by atoms with Crippen LogP contribution >= 0.6 is 0 Å². The fraction of sp³-hybridized carbons (Fsp3) is 0.615. The van der Waals surface area contributed by atoms with Gasteiger partial charge in [-0.2, -0.15) is 0 Å². The molecular formula is C13H19N3O8. The first-order valence-corrected chi connectivity index (χ1v) is 7.22. The quantitative estimate of drug-likeness (QED) is 0.351. The molecule has 0 aliphatic carbocycles. The van der Waals surface area contributed by atoms with E-state index in [1.807, 2.05) is 0 Å². The van der Waals surface area contributed by atoms with Crippen LogP contribution in [-0.4, -0.2) is 67.0 Å². The zero-order valence-corrected chi connectivity index (χ0v) is 12.6. The molecular weight excluding hydrogens is 326 g/mol. The van der Waals surface area contributed by atoms with Crippen LogP contribution in [0.5, 0.6) is 0 Å². The molecule has 0 bridgehead atoms. The van der Waals surface area contributed by atoms with E-state index in [9.17, 15) is 29.7 Å². The van der Waals surface area contributed by atoms with Crippen LogP contribution in [0.4, 0.5) is 0 Å². The molecule has 0 radical (unpaired) electrons. The Morgan fingerprint density at radius 3 is 2.50 bits per heavy atom.